The normalized spacial score (nSPS) is 14.8. The van der Waals surface area contributed by atoms with Gasteiger partial charge in [-0.1, -0.05) is 18.2 Å². The lowest BCUT2D eigenvalue weighted by Gasteiger charge is -2.28. The van der Waals surface area contributed by atoms with Gasteiger partial charge in [0, 0.05) is 24.5 Å². The second-order valence-corrected chi connectivity index (χ2v) is 7.27. The highest BCUT2D eigenvalue weighted by Gasteiger charge is 2.19. The van der Waals surface area contributed by atoms with Gasteiger partial charge in [0.2, 0.25) is 0 Å². The maximum absolute atomic E-state index is 12.3. The first-order chi connectivity index (χ1) is 14.0. The molecule has 154 valence electrons. The Morgan fingerprint density at radius 2 is 1.72 bits per heavy atom. The number of aryl methyl sites for hydroxylation is 1. The van der Waals surface area contributed by atoms with Gasteiger partial charge in [-0.15, -0.1) is 0 Å². The molecule has 1 aliphatic heterocycles. The third kappa shape index (κ3) is 5.98. The molecule has 0 radical (unpaired) electrons. The first kappa shape index (κ1) is 20.7. The molecule has 29 heavy (non-hydrogen) atoms. The van der Waals surface area contributed by atoms with Gasteiger partial charge in [0.1, 0.15) is 5.75 Å². The summed E-state index contributed by atoms with van der Waals surface area (Å²) >= 11 is 0. The van der Waals surface area contributed by atoms with E-state index in [4.69, 9.17) is 9.47 Å². The van der Waals surface area contributed by atoms with Gasteiger partial charge in [-0.3, -0.25) is 4.79 Å². The minimum Gasteiger partial charge on any atom is -0.482 e. The van der Waals surface area contributed by atoms with Gasteiger partial charge in [0.15, 0.2) is 12.7 Å². The van der Waals surface area contributed by atoms with E-state index in [9.17, 15) is 9.59 Å². The summed E-state index contributed by atoms with van der Waals surface area (Å²) in [5.41, 5.74) is 2.77. The maximum atomic E-state index is 12.3. The zero-order valence-electron chi connectivity index (χ0n) is 17.0. The number of nitrogens with zero attached hydrogens (tertiary/aromatic N) is 1. The predicted octanol–water partition coefficient (Wildman–Crippen LogP) is 3.93. The summed E-state index contributed by atoms with van der Waals surface area (Å²) in [6, 6.07) is 15.2. The lowest BCUT2D eigenvalue weighted by Crippen LogP contribution is -2.32. The van der Waals surface area contributed by atoms with Crippen molar-refractivity contribution in [3.8, 4) is 5.75 Å². The average Bonchev–Trinajstić information content (AvgIpc) is 2.74. The highest BCUT2D eigenvalue weighted by Crippen LogP contribution is 2.22. The second-order valence-electron chi connectivity index (χ2n) is 7.27. The van der Waals surface area contributed by atoms with Crippen molar-refractivity contribution in [3.05, 3.63) is 54.1 Å². The number of esters is 1. The molecule has 1 aliphatic rings. The molecule has 0 bridgehead atoms. The molecule has 0 spiro atoms. The zero-order chi connectivity index (χ0) is 20.6. The Labute approximate surface area is 171 Å². The van der Waals surface area contributed by atoms with Crippen molar-refractivity contribution in [2.45, 2.75) is 39.2 Å². The highest BCUT2D eigenvalue weighted by atomic mass is 16.6. The molecule has 0 unspecified atom stereocenters. The molecule has 0 aromatic heterocycles. The Morgan fingerprint density at radius 1 is 1.03 bits per heavy atom. The first-order valence-corrected chi connectivity index (χ1v) is 10.1. The van der Waals surface area contributed by atoms with Crippen LogP contribution in [0.1, 0.15) is 31.7 Å². The molecule has 1 amide bonds. The molecule has 3 rings (SSSR count). The zero-order valence-corrected chi connectivity index (χ0v) is 17.0. The third-order valence-corrected chi connectivity index (χ3v) is 4.97. The van der Waals surface area contributed by atoms with Crippen LogP contribution in [0.25, 0.3) is 0 Å². The number of nitrogens with one attached hydrogen (secondary N) is 1. The molecule has 1 fully saturated rings. The molecule has 2 aromatic rings. The van der Waals surface area contributed by atoms with Gasteiger partial charge in [0.25, 0.3) is 5.91 Å². The van der Waals surface area contributed by atoms with E-state index in [1.807, 2.05) is 49.4 Å². The minimum absolute atomic E-state index is 0.243. The van der Waals surface area contributed by atoms with Crippen LogP contribution in [0.3, 0.4) is 0 Å². The van der Waals surface area contributed by atoms with Crippen LogP contribution in [0.15, 0.2) is 48.5 Å². The Morgan fingerprint density at radius 3 is 2.41 bits per heavy atom. The number of benzene rings is 2. The van der Waals surface area contributed by atoms with Crippen molar-refractivity contribution < 1.29 is 19.1 Å². The van der Waals surface area contributed by atoms with Gasteiger partial charge in [0.05, 0.1) is 0 Å². The van der Waals surface area contributed by atoms with Crippen LogP contribution in [0.4, 0.5) is 11.4 Å². The summed E-state index contributed by atoms with van der Waals surface area (Å²) in [5, 5.41) is 2.78. The molecule has 6 nitrogen and oxygen atoms in total. The molecule has 0 aliphatic carbocycles. The smallest absolute Gasteiger partial charge is 0.344 e. The number of ether oxygens (including phenoxy) is 2. The van der Waals surface area contributed by atoms with E-state index >= 15 is 0 Å². The van der Waals surface area contributed by atoms with Crippen LogP contribution in [-0.4, -0.2) is 37.7 Å². The lowest BCUT2D eigenvalue weighted by molar-refractivity contribution is -0.155. The number of rotatable bonds is 7. The molecule has 1 heterocycles. The van der Waals surface area contributed by atoms with Gasteiger partial charge >= 0.3 is 5.97 Å². The Kier molecular flexibility index (Phi) is 7.11. The van der Waals surface area contributed by atoms with Crippen molar-refractivity contribution in [1.29, 1.82) is 0 Å². The number of para-hydroxylation sites is 1. The third-order valence-electron chi connectivity index (χ3n) is 4.97. The molecule has 2 aromatic carbocycles. The van der Waals surface area contributed by atoms with E-state index in [0.717, 1.165) is 24.3 Å². The maximum Gasteiger partial charge on any atom is 0.344 e. The number of amides is 1. The first-order valence-electron chi connectivity index (χ1n) is 10.1. The molecular weight excluding hydrogens is 368 g/mol. The van der Waals surface area contributed by atoms with Crippen LogP contribution in [0.5, 0.6) is 5.75 Å². The Bertz CT molecular complexity index is 829. The number of carbonyl (C=O) groups is 2. The van der Waals surface area contributed by atoms with E-state index in [2.05, 4.69) is 10.2 Å². The van der Waals surface area contributed by atoms with E-state index in [1.165, 1.54) is 19.3 Å². The molecule has 6 heteroatoms. The van der Waals surface area contributed by atoms with Crippen LogP contribution in [0, 0.1) is 6.92 Å². The second kappa shape index (κ2) is 9.96. The SMILES string of the molecule is Cc1ccccc1OCC(=O)O[C@H](C)C(=O)Nc1ccc(N2CCCCC2)cc1. The van der Waals surface area contributed by atoms with Crippen molar-refractivity contribution in [2.24, 2.45) is 0 Å². The van der Waals surface area contributed by atoms with Gasteiger partial charge in [-0.2, -0.15) is 0 Å². The standard InChI is InChI=1S/C23H28N2O4/c1-17-8-4-5-9-21(17)28-16-22(26)29-18(2)23(27)24-19-10-12-20(13-11-19)25-14-6-3-7-15-25/h4-5,8-13,18H,3,6-7,14-16H2,1-2H3,(H,24,27)/t18-/m1/s1. The monoisotopic (exact) mass is 396 g/mol. The minimum atomic E-state index is -0.912. The average molecular weight is 396 g/mol. The molecule has 1 atom stereocenters. The van der Waals surface area contributed by atoms with Crippen LogP contribution in [-0.2, 0) is 14.3 Å². The van der Waals surface area contributed by atoms with Gasteiger partial charge in [-0.25, -0.2) is 4.79 Å². The summed E-state index contributed by atoms with van der Waals surface area (Å²) < 4.78 is 10.6. The molecule has 1 saturated heterocycles. The van der Waals surface area contributed by atoms with E-state index in [1.54, 1.807) is 13.0 Å². The van der Waals surface area contributed by atoms with E-state index in [-0.39, 0.29) is 12.5 Å². The largest absolute Gasteiger partial charge is 0.482 e. The Balaban J connectivity index is 1.45. The fourth-order valence-electron chi connectivity index (χ4n) is 3.29. The fraction of sp³-hybridized carbons (Fsp3) is 0.391. The van der Waals surface area contributed by atoms with Crippen molar-refractivity contribution in [1.82, 2.24) is 0 Å². The number of carbonyl (C=O) groups excluding carboxylic acids is 2. The predicted molar refractivity (Wildman–Crippen MR) is 113 cm³/mol. The summed E-state index contributed by atoms with van der Waals surface area (Å²) in [4.78, 5) is 26.7. The van der Waals surface area contributed by atoms with Crippen LogP contribution in [0.2, 0.25) is 0 Å². The van der Waals surface area contributed by atoms with Gasteiger partial charge in [-0.05, 0) is 69.0 Å². The molecular formula is C23H28N2O4. The van der Waals surface area contributed by atoms with Crippen LogP contribution >= 0.6 is 0 Å². The van der Waals surface area contributed by atoms with Crippen molar-refractivity contribution in [3.63, 3.8) is 0 Å². The highest BCUT2D eigenvalue weighted by molar-refractivity contribution is 5.95. The summed E-state index contributed by atoms with van der Waals surface area (Å²) in [5.74, 6) is -0.341. The lowest BCUT2D eigenvalue weighted by atomic mass is 10.1. The van der Waals surface area contributed by atoms with E-state index in [0.29, 0.717) is 11.4 Å². The summed E-state index contributed by atoms with van der Waals surface area (Å²) in [7, 11) is 0. The quantitative estimate of drug-likeness (QED) is 0.718. The molecule has 1 N–H and O–H groups in total. The summed E-state index contributed by atoms with van der Waals surface area (Å²) in [6.07, 6.45) is 2.81. The molecule has 0 saturated carbocycles. The van der Waals surface area contributed by atoms with Crippen LogP contribution < -0.4 is 15.0 Å². The van der Waals surface area contributed by atoms with Crippen molar-refractivity contribution >= 4 is 23.3 Å². The topological polar surface area (TPSA) is 67.9 Å². The number of hydrogen-bond donors (Lipinski definition) is 1. The number of piperidine rings is 1. The number of hydrogen-bond acceptors (Lipinski definition) is 5. The fourth-order valence-corrected chi connectivity index (χ4v) is 3.29. The number of anilines is 2. The van der Waals surface area contributed by atoms with Gasteiger partial charge < -0.3 is 19.7 Å². The summed E-state index contributed by atoms with van der Waals surface area (Å²) in [6.45, 7) is 5.34. The Hall–Kier alpha value is -3.02. The van der Waals surface area contributed by atoms with E-state index < -0.39 is 12.1 Å². The van der Waals surface area contributed by atoms with Crippen molar-refractivity contribution in [2.75, 3.05) is 29.9 Å².